The molecular formula is C12H17NO4S. The van der Waals surface area contributed by atoms with Crippen LogP contribution in [0.15, 0.2) is 22.9 Å². The minimum atomic E-state index is -1.10. The first-order valence-corrected chi connectivity index (χ1v) is 6.88. The normalized spacial score (nSPS) is 15.5. The van der Waals surface area contributed by atoms with Gasteiger partial charge in [0.15, 0.2) is 0 Å². The number of hydrogen-bond donors (Lipinski definition) is 1. The summed E-state index contributed by atoms with van der Waals surface area (Å²) in [4.78, 5) is 24.8. The predicted octanol–water partition coefficient (Wildman–Crippen LogP) is 1.12. The van der Waals surface area contributed by atoms with Gasteiger partial charge in [0.05, 0.1) is 17.7 Å². The quantitative estimate of drug-likeness (QED) is 0.597. The number of carbonyl (C=O) groups is 2. The van der Waals surface area contributed by atoms with E-state index in [-0.39, 0.29) is 17.7 Å². The molecule has 0 saturated carbocycles. The van der Waals surface area contributed by atoms with Crippen molar-refractivity contribution in [1.29, 1.82) is 0 Å². The smallest absolute Gasteiger partial charge is 0.336 e. The summed E-state index contributed by atoms with van der Waals surface area (Å²) in [5.74, 6) is -0.942. The summed E-state index contributed by atoms with van der Waals surface area (Å²) in [7, 11) is 1.81. The van der Waals surface area contributed by atoms with Crippen molar-refractivity contribution in [2.24, 2.45) is 0 Å². The number of carboxylic acids is 1. The summed E-state index contributed by atoms with van der Waals surface area (Å²) < 4.78 is 5.05. The molecule has 0 aliphatic carbocycles. The highest BCUT2D eigenvalue weighted by Crippen LogP contribution is 2.20. The summed E-state index contributed by atoms with van der Waals surface area (Å²) in [6.07, 6.45) is 3.41. The first kappa shape index (κ1) is 14.6. The number of nitrogens with zero attached hydrogens (tertiary/aromatic N) is 1. The Labute approximate surface area is 110 Å². The van der Waals surface area contributed by atoms with Gasteiger partial charge in [-0.15, -0.1) is 0 Å². The zero-order chi connectivity index (χ0) is 13.7. The molecule has 0 amide bonds. The molecule has 0 aromatic carbocycles. The molecule has 0 aromatic rings. The fourth-order valence-electron chi connectivity index (χ4n) is 1.52. The molecule has 5 nitrogen and oxygen atoms in total. The van der Waals surface area contributed by atoms with Crippen LogP contribution in [0.3, 0.4) is 0 Å². The molecule has 1 heterocycles. The third kappa shape index (κ3) is 3.53. The Hall–Kier alpha value is -1.43. The number of allylic oxidation sites excluding steroid dienone is 1. The molecule has 1 aliphatic heterocycles. The van der Waals surface area contributed by atoms with Gasteiger partial charge in [-0.2, -0.15) is 11.8 Å². The van der Waals surface area contributed by atoms with Crippen molar-refractivity contribution >= 4 is 23.7 Å². The third-order valence-electron chi connectivity index (χ3n) is 2.67. The molecular weight excluding hydrogens is 254 g/mol. The molecule has 0 unspecified atom stereocenters. The van der Waals surface area contributed by atoms with Crippen molar-refractivity contribution < 1.29 is 19.4 Å². The highest BCUT2D eigenvalue weighted by Gasteiger charge is 2.25. The van der Waals surface area contributed by atoms with E-state index in [2.05, 4.69) is 0 Å². The average molecular weight is 271 g/mol. The van der Waals surface area contributed by atoms with Crippen LogP contribution in [0.25, 0.3) is 0 Å². The van der Waals surface area contributed by atoms with Gasteiger partial charge in [0.25, 0.3) is 0 Å². The Morgan fingerprint density at radius 1 is 1.56 bits per heavy atom. The molecule has 0 spiro atoms. The van der Waals surface area contributed by atoms with E-state index in [4.69, 9.17) is 9.84 Å². The van der Waals surface area contributed by atoms with Crippen LogP contribution >= 0.6 is 11.8 Å². The first-order chi connectivity index (χ1) is 8.47. The van der Waals surface area contributed by atoms with Gasteiger partial charge in [0, 0.05) is 18.5 Å². The van der Waals surface area contributed by atoms with Gasteiger partial charge in [-0.1, -0.05) is 0 Å². The van der Waals surface area contributed by atoms with Crippen LogP contribution in [0.1, 0.15) is 6.92 Å². The zero-order valence-electron chi connectivity index (χ0n) is 10.7. The topological polar surface area (TPSA) is 66.8 Å². The van der Waals surface area contributed by atoms with Crippen LogP contribution in [0.4, 0.5) is 0 Å². The standard InChI is InChI=1S/C12H17NO4S/c1-8-6-9(11(14)15)10(7-13(8)2)12(16)17-4-5-18-3/h6H,4-5,7H2,1-3H3,(H,14,15). The van der Waals surface area contributed by atoms with Crippen LogP contribution in [0, 0.1) is 0 Å². The van der Waals surface area contributed by atoms with E-state index in [0.29, 0.717) is 12.4 Å². The van der Waals surface area contributed by atoms with E-state index in [1.807, 2.05) is 11.2 Å². The molecule has 0 saturated heterocycles. The van der Waals surface area contributed by atoms with E-state index >= 15 is 0 Å². The van der Waals surface area contributed by atoms with Crippen LogP contribution in [-0.4, -0.2) is 54.2 Å². The molecule has 0 radical (unpaired) electrons. The monoisotopic (exact) mass is 271 g/mol. The van der Waals surface area contributed by atoms with E-state index in [9.17, 15) is 9.59 Å². The fourth-order valence-corrected chi connectivity index (χ4v) is 1.77. The predicted molar refractivity (Wildman–Crippen MR) is 70.4 cm³/mol. The zero-order valence-corrected chi connectivity index (χ0v) is 11.5. The second-order valence-corrected chi connectivity index (χ2v) is 4.95. The maximum atomic E-state index is 11.8. The molecule has 1 rings (SSSR count). The van der Waals surface area contributed by atoms with Crippen molar-refractivity contribution in [1.82, 2.24) is 4.90 Å². The van der Waals surface area contributed by atoms with E-state index in [0.717, 1.165) is 5.70 Å². The van der Waals surface area contributed by atoms with Crippen molar-refractivity contribution in [3.05, 3.63) is 22.9 Å². The lowest BCUT2D eigenvalue weighted by atomic mass is 10.0. The van der Waals surface area contributed by atoms with Crippen LogP contribution in [0.5, 0.6) is 0 Å². The van der Waals surface area contributed by atoms with Gasteiger partial charge in [-0.25, -0.2) is 9.59 Å². The lowest BCUT2D eigenvalue weighted by molar-refractivity contribution is -0.140. The van der Waals surface area contributed by atoms with Gasteiger partial charge in [-0.05, 0) is 19.3 Å². The molecule has 100 valence electrons. The Kier molecular flexibility index (Phi) is 5.27. The molecule has 0 aromatic heterocycles. The summed E-state index contributed by atoms with van der Waals surface area (Å²) in [5, 5.41) is 9.10. The molecule has 6 heteroatoms. The van der Waals surface area contributed by atoms with Gasteiger partial charge < -0.3 is 14.7 Å². The number of ether oxygens (including phenoxy) is 1. The van der Waals surface area contributed by atoms with E-state index in [1.165, 1.54) is 6.08 Å². The van der Waals surface area contributed by atoms with Crippen molar-refractivity contribution in [2.45, 2.75) is 6.92 Å². The highest BCUT2D eigenvalue weighted by atomic mass is 32.2. The second kappa shape index (κ2) is 6.49. The van der Waals surface area contributed by atoms with Crippen molar-refractivity contribution in [3.63, 3.8) is 0 Å². The van der Waals surface area contributed by atoms with Crippen LogP contribution in [-0.2, 0) is 14.3 Å². The molecule has 0 bridgehead atoms. The number of rotatable bonds is 5. The number of carbonyl (C=O) groups excluding carboxylic acids is 1. The molecule has 1 N–H and O–H groups in total. The number of thioether (sulfide) groups is 1. The fraction of sp³-hybridized carbons (Fsp3) is 0.500. The van der Waals surface area contributed by atoms with Gasteiger partial charge in [0.2, 0.25) is 0 Å². The molecule has 18 heavy (non-hydrogen) atoms. The molecule has 0 fully saturated rings. The minimum absolute atomic E-state index is 0.0275. The number of aliphatic carboxylic acids is 1. The van der Waals surface area contributed by atoms with Crippen LogP contribution in [0.2, 0.25) is 0 Å². The first-order valence-electron chi connectivity index (χ1n) is 5.49. The van der Waals surface area contributed by atoms with E-state index in [1.54, 1.807) is 25.7 Å². The SMILES string of the molecule is CSCCOC(=O)C1=C(C(=O)O)C=C(C)N(C)C1. The number of likely N-dealkylation sites (N-methyl/N-ethyl adjacent to an activating group) is 1. The number of carboxylic acid groups (broad SMARTS) is 1. The van der Waals surface area contributed by atoms with E-state index < -0.39 is 11.9 Å². The molecule has 1 aliphatic rings. The second-order valence-electron chi connectivity index (χ2n) is 3.97. The highest BCUT2D eigenvalue weighted by molar-refractivity contribution is 7.98. The van der Waals surface area contributed by atoms with Gasteiger partial charge >= 0.3 is 11.9 Å². The summed E-state index contributed by atoms with van der Waals surface area (Å²) >= 11 is 1.57. The van der Waals surface area contributed by atoms with Gasteiger partial charge in [-0.3, -0.25) is 0 Å². The van der Waals surface area contributed by atoms with Crippen molar-refractivity contribution in [2.75, 3.05) is 32.2 Å². The maximum Gasteiger partial charge on any atom is 0.336 e. The Morgan fingerprint density at radius 2 is 2.22 bits per heavy atom. The third-order valence-corrected chi connectivity index (χ3v) is 3.25. The number of esters is 1. The Balaban J connectivity index is 2.90. The summed E-state index contributed by atoms with van der Waals surface area (Å²) in [6, 6.07) is 0. The average Bonchev–Trinajstić information content (AvgIpc) is 2.32. The Bertz CT molecular complexity index is 414. The molecule has 0 atom stereocenters. The van der Waals surface area contributed by atoms with Crippen molar-refractivity contribution in [3.8, 4) is 0 Å². The largest absolute Gasteiger partial charge is 0.478 e. The van der Waals surface area contributed by atoms with Gasteiger partial charge in [0.1, 0.15) is 6.61 Å². The minimum Gasteiger partial charge on any atom is -0.478 e. The lowest BCUT2D eigenvalue weighted by Gasteiger charge is -2.26. The Morgan fingerprint density at radius 3 is 2.78 bits per heavy atom. The number of hydrogen-bond acceptors (Lipinski definition) is 5. The van der Waals surface area contributed by atoms with Crippen LogP contribution < -0.4 is 0 Å². The summed E-state index contributed by atoms with van der Waals surface area (Å²) in [5.41, 5.74) is 1.05. The summed E-state index contributed by atoms with van der Waals surface area (Å²) in [6.45, 7) is 2.36. The maximum absolute atomic E-state index is 11.8. The lowest BCUT2D eigenvalue weighted by Crippen LogP contribution is -2.30.